The van der Waals surface area contributed by atoms with Gasteiger partial charge in [-0.25, -0.2) is 4.68 Å². The molecule has 33 heavy (non-hydrogen) atoms. The van der Waals surface area contributed by atoms with E-state index in [9.17, 15) is 0 Å². The van der Waals surface area contributed by atoms with Crippen LogP contribution in [0.15, 0.2) is 48.8 Å². The molecule has 5 rings (SSSR count). The van der Waals surface area contributed by atoms with Crippen LogP contribution in [-0.2, 0) is 12.8 Å². The quantitative estimate of drug-likeness (QED) is 0.648. The molecule has 1 atom stereocenters. The highest BCUT2D eigenvalue weighted by Crippen LogP contribution is 2.32. The lowest BCUT2D eigenvalue weighted by Gasteiger charge is -2.46. The van der Waals surface area contributed by atoms with Crippen molar-refractivity contribution in [2.75, 3.05) is 49.3 Å². The molecule has 0 amide bonds. The second kappa shape index (κ2) is 8.77. The third kappa shape index (κ3) is 4.25. The number of nitrogens with two attached hydrogens (primary N) is 1. The molecule has 8 heteroatoms. The van der Waals surface area contributed by atoms with E-state index >= 15 is 0 Å². The molecule has 0 saturated carbocycles. The van der Waals surface area contributed by atoms with E-state index in [2.05, 4.69) is 68.3 Å². The molecule has 0 spiro atoms. The highest BCUT2D eigenvalue weighted by atomic mass is 15.3. The number of rotatable bonds is 5. The van der Waals surface area contributed by atoms with Crippen molar-refractivity contribution in [1.29, 1.82) is 0 Å². The molecule has 3 aromatic rings. The number of nitrogens with zero attached hydrogens (tertiary/aromatic N) is 7. The van der Waals surface area contributed by atoms with Crippen LogP contribution in [0.1, 0.15) is 23.2 Å². The van der Waals surface area contributed by atoms with Crippen LogP contribution < -0.4 is 15.5 Å². The maximum Gasteiger partial charge on any atom is 0.224 e. The van der Waals surface area contributed by atoms with Crippen LogP contribution in [0.25, 0.3) is 5.82 Å². The molecule has 2 aliphatic heterocycles. The van der Waals surface area contributed by atoms with Crippen LogP contribution in [-0.4, -0.2) is 64.4 Å². The van der Waals surface area contributed by atoms with Crippen LogP contribution in [0, 0.1) is 6.92 Å². The molecule has 0 aliphatic carbocycles. The highest BCUT2D eigenvalue weighted by Gasteiger charge is 2.30. The van der Waals surface area contributed by atoms with Crippen molar-refractivity contribution in [3.63, 3.8) is 0 Å². The number of aryl methyl sites for hydroxylation is 1. The molecule has 2 N–H and O–H groups in total. The Labute approximate surface area is 195 Å². The average Bonchev–Trinajstić information content (AvgIpc) is 3.18. The Morgan fingerprint density at radius 1 is 1.18 bits per heavy atom. The van der Waals surface area contributed by atoms with Gasteiger partial charge in [-0.05, 0) is 49.6 Å². The van der Waals surface area contributed by atoms with Crippen molar-refractivity contribution in [1.82, 2.24) is 24.6 Å². The average molecular weight is 445 g/mol. The van der Waals surface area contributed by atoms with Gasteiger partial charge in [0.05, 0.1) is 6.20 Å². The summed E-state index contributed by atoms with van der Waals surface area (Å²) in [6.07, 6.45) is 9.67. The SMILES string of the molecule is Cc1c(C/C=C/N2CCN3c4ccccc4CCC3C2)cnn1-c1cc(N(C)C)nc(N)n1. The summed E-state index contributed by atoms with van der Waals surface area (Å²) in [5.74, 6) is 1.70. The maximum absolute atomic E-state index is 5.92. The lowest BCUT2D eigenvalue weighted by Crippen LogP contribution is -2.53. The minimum absolute atomic E-state index is 0.247. The van der Waals surface area contributed by atoms with Crippen LogP contribution in [0.3, 0.4) is 0 Å². The van der Waals surface area contributed by atoms with Gasteiger partial charge in [0.2, 0.25) is 5.95 Å². The van der Waals surface area contributed by atoms with E-state index in [1.54, 1.807) is 0 Å². The summed E-state index contributed by atoms with van der Waals surface area (Å²) in [5, 5.41) is 4.57. The summed E-state index contributed by atoms with van der Waals surface area (Å²) in [6, 6.07) is 11.4. The highest BCUT2D eigenvalue weighted by molar-refractivity contribution is 5.57. The molecule has 2 aliphatic rings. The third-order valence-electron chi connectivity index (χ3n) is 6.72. The smallest absolute Gasteiger partial charge is 0.224 e. The summed E-state index contributed by atoms with van der Waals surface area (Å²) < 4.78 is 1.84. The van der Waals surface area contributed by atoms with Crippen LogP contribution >= 0.6 is 0 Å². The van der Waals surface area contributed by atoms with Crippen molar-refractivity contribution in [3.05, 3.63) is 65.6 Å². The molecule has 1 aromatic carbocycles. The van der Waals surface area contributed by atoms with Crippen molar-refractivity contribution in [2.45, 2.75) is 32.2 Å². The summed E-state index contributed by atoms with van der Waals surface area (Å²) in [6.45, 7) is 5.28. The van der Waals surface area contributed by atoms with Crippen molar-refractivity contribution < 1.29 is 0 Å². The Kier molecular flexibility index (Phi) is 5.66. The first-order valence-electron chi connectivity index (χ1n) is 11.6. The van der Waals surface area contributed by atoms with E-state index in [1.165, 1.54) is 29.7 Å². The number of hydrogen-bond donors (Lipinski definition) is 1. The predicted octanol–water partition coefficient (Wildman–Crippen LogP) is 2.81. The van der Waals surface area contributed by atoms with Crippen molar-refractivity contribution >= 4 is 17.5 Å². The fourth-order valence-electron chi connectivity index (χ4n) is 4.88. The summed E-state index contributed by atoms with van der Waals surface area (Å²) in [5.41, 5.74) is 11.1. The Morgan fingerprint density at radius 3 is 2.88 bits per heavy atom. The Hall–Kier alpha value is -3.55. The minimum atomic E-state index is 0.247. The van der Waals surface area contributed by atoms with Gasteiger partial charge in [0, 0.05) is 57.2 Å². The van der Waals surface area contributed by atoms with Crippen molar-refractivity contribution in [2.24, 2.45) is 0 Å². The molecule has 0 radical (unpaired) electrons. The van der Waals surface area contributed by atoms with E-state index in [-0.39, 0.29) is 5.95 Å². The van der Waals surface area contributed by atoms with Gasteiger partial charge in [-0.15, -0.1) is 0 Å². The molecule has 0 bridgehead atoms. The van der Waals surface area contributed by atoms with E-state index in [4.69, 9.17) is 5.73 Å². The summed E-state index contributed by atoms with van der Waals surface area (Å²) >= 11 is 0. The van der Waals surface area contributed by atoms with Crippen molar-refractivity contribution in [3.8, 4) is 5.82 Å². The molecule has 172 valence electrons. The molecule has 1 unspecified atom stereocenters. The van der Waals surface area contributed by atoms with Gasteiger partial charge in [0.25, 0.3) is 0 Å². The number of hydrogen-bond acceptors (Lipinski definition) is 7. The Balaban J connectivity index is 1.24. The molecular formula is C25H32N8. The van der Waals surface area contributed by atoms with Crippen LogP contribution in [0.5, 0.6) is 0 Å². The van der Waals surface area contributed by atoms with Gasteiger partial charge >= 0.3 is 0 Å². The van der Waals surface area contributed by atoms with Gasteiger partial charge in [-0.3, -0.25) is 0 Å². The van der Waals surface area contributed by atoms with E-state index in [0.29, 0.717) is 11.9 Å². The monoisotopic (exact) mass is 444 g/mol. The standard InChI is InChI=1S/C25H32N8/c1-18-20(16-27-33(18)24-15-23(30(2)3)28-25(26)29-24)8-6-12-31-13-14-32-21(17-31)11-10-19-7-4-5-9-22(19)32/h4-7,9,12,15-16,21H,8,10-11,13-14,17H2,1-3H3,(H2,26,28,29)/b12-6+. The summed E-state index contributed by atoms with van der Waals surface area (Å²) in [4.78, 5) is 15.6. The zero-order chi connectivity index (χ0) is 22.9. The Bertz CT molecular complexity index is 1160. The van der Waals surface area contributed by atoms with Gasteiger partial charge < -0.3 is 20.4 Å². The number of aromatic nitrogens is 4. The van der Waals surface area contributed by atoms with Crippen LogP contribution in [0.4, 0.5) is 17.5 Å². The van der Waals surface area contributed by atoms with Gasteiger partial charge in [0.15, 0.2) is 5.82 Å². The molecule has 1 fully saturated rings. The zero-order valence-electron chi connectivity index (χ0n) is 19.6. The van der Waals surface area contributed by atoms with Gasteiger partial charge in [-0.1, -0.05) is 24.3 Å². The summed E-state index contributed by atoms with van der Waals surface area (Å²) in [7, 11) is 3.87. The lowest BCUT2D eigenvalue weighted by molar-refractivity contribution is 0.283. The second-order valence-corrected chi connectivity index (χ2v) is 9.10. The molecule has 2 aromatic heterocycles. The molecule has 8 nitrogen and oxygen atoms in total. The number of fused-ring (bicyclic) bond motifs is 3. The molecule has 4 heterocycles. The number of benzene rings is 1. The number of nitrogen functional groups attached to an aromatic ring is 1. The number of piperazine rings is 1. The fraction of sp³-hybridized carbons (Fsp3) is 0.400. The fourth-order valence-corrected chi connectivity index (χ4v) is 4.88. The normalized spacial score (nSPS) is 17.8. The number of allylic oxidation sites excluding steroid dienone is 1. The third-order valence-corrected chi connectivity index (χ3v) is 6.72. The first-order chi connectivity index (χ1) is 16.0. The lowest BCUT2D eigenvalue weighted by atomic mass is 9.94. The van der Waals surface area contributed by atoms with Gasteiger partial charge in [-0.2, -0.15) is 15.1 Å². The number of anilines is 3. The molecule has 1 saturated heterocycles. The maximum atomic E-state index is 5.92. The topological polar surface area (TPSA) is 79.3 Å². The number of para-hydroxylation sites is 1. The predicted molar refractivity (Wildman–Crippen MR) is 133 cm³/mol. The first kappa shape index (κ1) is 21.3. The second-order valence-electron chi connectivity index (χ2n) is 9.10. The van der Waals surface area contributed by atoms with Crippen LogP contribution in [0.2, 0.25) is 0 Å². The largest absolute Gasteiger partial charge is 0.374 e. The van der Waals surface area contributed by atoms with E-state index in [0.717, 1.165) is 37.6 Å². The zero-order valence-corrected chi connectivity index (χ0v) is 19.6. The van der Waals surface area contributed by atoms with Gasteiger partial charge in [0.1, 0.15) is 5.82 Å². The molecular weight excluding hydrogens is 412 g/mol. The van der Waals surface area contributed by atoms with E-state index in [1.807, 2.05) is 35.9 Å². The first-order valence-corrected chi connectivity index (χ1v) is 11.6. The van der Waals surface area contributed by atoms with E-state index < -0.39 is 0 Å². The minimum Gasteiger partial charge on any atom is -0.374 e. The Morgan fingerprint density at radius 2 is 2.03 bits per heavy atom.